The maximum atomic E-state index is 5.20. The van der Waals surface area contributed by atoms with Crippen molar-refractivity contribution in [3.63, 3.8) is 0 Å². The average Bonchev–Trinajstić information content (AvgIpc) is 2.83. The summed E-state index contributed by atoms with van der Waals surface area (Å²) in [4.78, 5) is 1.41. The van der Waals surface area contributed by atoms with E-state index in [1.165, 1.54) is 19.8 Å². The Labute approximate surface area is 139 Å². The van der Waals surface area contributed by atoms with Gasteiger partial charge in [-0.05, 0) is 71.6 Å². The lowest BCUT2D eigenvalue weighted by molar-refractivity contribution is 0.414. The average molecular weight is 368 g/mol. The molecule has 0 aliphatic heterocycles. The summed E-state index contributed by atoms with van der Waals surface area (Å²) in [5, 5.41) is 3.60. The molecule has 2 rings (SSSR count). The number of benzene rings is 1. The van der Waals surface area contributed by atoms with Gasteiger partial charge in [-0.25, -0.2) is 0 Å². The van der Waals surface area contributed by atoms with Gasteiger partial charge in [0.1, 0.15) is 5.75 Å². The van der Waals surface area contributed by atoms with E-state index >= 15 is 0 Å². The number of aryl methyl sites for hydroxylation is 2. The first-order valence-corrected chi connectivity index (χ1v) is 8.87. The van der Waals surface area contributed by atoms with Gasteiger partial charge in [0.2, 0.25) is 0 Å². The standard InChI is InChI=1S/C17H22BrNOS/c1-4-19-15(16-11-12(2)17(18)21-16)10-7-13-5-8-14(20-3)9-6-13/h5-6,8-9,11,15,19H,4,7,10H2,1-3H3. The van der Waals surface area contributed by atoms with Crippen LogP contribution in [0.2, 0.25) is 0 Å². The molecule has 1 N–H and O–H groups in total. The van der Waals surface area contributed by atoms with Crippen LogP contribution in [0.5, 0.6) is 5.75 Å². The Morgan fingerprint density at radius 3 is 2.52 bits per heavy atom. The third-order valence-corrected chi connectivity index (χ3v) is 5.80. The molecule has 0 amide bonds. The van der Waals surface area contributed by atoms with Crippen molar-refractivity contribution in [3.8, 4) is 5.75 Å². The van der Waals surface area contributed by atoms with E-state index in [0.29, 0.717) is 6.04 Å². The van der Waals surface area contributed by atoms with Crippen LogP contribution in [0.1, 0.15) is 35.4 Å². The first-order chi connectivity index (χ1) is 10.1. The van der Waals surface area contributed by atoms with Crippen molar-refractivity contribution in [1.29, 1.82) is 0 Å². The van der Waals surface area contributed by atoms with Gasteiger partial charge in [-0.1, -0.05) is 19.1 Å². The Morgan fingerprint density at radius 2 is 2.00 bits per heavy atom. The van der Waals surface area contributed by atoms with Gasteiger partial charge in [-0.3, -0.25) is 0 Å². The normalized spacial score (nSPS) is 12.4. The van der Waals surface area contributed by atoms with Crippen molar-refractivity contribution in [1.82, 2.24) is 5.32 Å². The van der Waals surface area contributed by atoms with Gasteiger partial charge in [0, 0.05) is 10.9 Å². The highest BCUT2D eigenvalue weighted by molar-refractivity contribution is 9.11. The Bertz CT molecular complexity index is 545. The van der Waals surface area contributed by atoms with Crippen LogP contribution in [0.4, 0.5) is 0 Å². The van der Waals surface area contributed by atoms with Gasteiger partial charge in [-0.15, -0.1) is 11.3 Å². The number of ether oxygens (including phenoxy) is 1. The smallest absolute Gasteiger partial charge is 0.118 e. The summed E-state index contributed by atoms with van der Waals surface area (Å²) in [5.74, 6) is 0.916. The number of nitrogens with one attached hydrogen (secondary N) is 1. The zero-order chi connectivity index (χ0) is 15.2. The van der Waals surface area contributed by atoms with Crippen LogP contribution < -0.4 is 10.1 Å². The molecule has 114 valence electrons. The number of hydrogen-bond acceptors (Lipinski definition) is 3. The van der Waals surface area contributed by atoms with Crippen LogP contribution in [0.25, 0.3) is 0 Å². The Balaban J connectivity index is 2.02. The highest BCUT2D eigenvalue weighted by atomic mass is 79.9. The van der Waals surface area contributed by atoms with Crippen LogP contribution in [0.15, 0.2) is 34.1 Å². The summed E-state index contributed by atoms with van der Waals surface area (Å²) in [5.41, 5.74) is 2.67. The lowest BCUT2D eigenvalue weighted by Crippen LogP contribution is -2.20. The van der Waals surface area contributed by atoms with E-state index in [9.17, 15) is 0 Å². The highest BCUT2D eigenvalue weighted by Gasteiger charge is 2.14. The lowest BCUT2D eigenvalue weighted by atomic mass is 10.0. The summed E-state index contributed by atoms with van der Waals surface area (Å²) in [6.45, 7) is 5.30. The molecule has 0 aliphatic carbocycles. The predicted molar refractivity (Wildman–Crippen MR) is 94.5 cm³/mol. The molecule has 1 aromatic heterocycles. The van der Waals surface area contributed by atoms with Crippen molar-refractivity contribution >= 4 is 27.3 Å². The largest absolute Gasteiger partial charge is 0.497 e. The van der Waals surface area contributed by atoms with E-state index in [1.54, 1.807) is 7.11 Å². The van der Waals surface area contributed by atoms with Crippen LogP contribution in [-0.2, 0) is 6.42 Å². The van der Waals surface area contributed by atoms with Gasteiger partial charge in [-0.2, -0.15) is 0 Å². The molecule has 1 aromatic carbocycles. The molecule has 2 nitrogen and oxygen atoms in total. The van der Waals surface area contributed by atoms with Crippen molar-refractivity contribution in [3.05, 3.63) is 50.1 Å². The number of rotatable bonds is 7. The van der Waals surface area contributed by atoms with E-state index in [4.69, 9.17) is 4.74 Å². The molecule has 0 saturated heterocycles. The third kappa shape index (κ3) is 4.56. The maximum absolute atomic E-state index is 5.20. The second-order valence-electron chi connectivity index (χ2n) is 5.10. The molecule has 1 heterocycles. The number of hydrogen-bond donors (Lipinski definition) is 1. The summed E-state index contributed by atoms with van der Waals surface area (Å²) in [6, 6.07) is 11.1. The molecule has 4 heteroatoms. The van der Waals surface area contributed by atoms with Gasteiger partial charge in [0.05, 0.1) is 10.9 Å². The number of thiophene rings is 1. The summed E-state index contributed by atoms with van der Waals surface area (Å²) < 4.78 is 6.44. The predicted octanol–water partition coefficient (Wildman–Crippen LogP) is 5.11. The fraction of sp³-hybridized carbons (Fsp3) is 0.412. The minimum absolute atomic E-state index is 0.423. The molecule has 1 atom stereocenters. The van der Waals surface area contributed by atoms with Crippen LogP contribution in [-0.4, -0.2) is 13.7 Å². The van der Waals surface area contributed by atoms with E-state index in [2.05, 4.69) is 53.3 Å². The molecule has 0 spiro atoms. The topological polar surface area (TPSA) is 21.3 Å². The molecular weight excluding hydrogens is 346 g/mol. The minimum Gasteiger partial charge on any atom is -0.497 e. The molecule has 0 bridgehead atoms. The lowest BCUT2D eigenvalue weighted by Gasteiger charge is -2.16. The first kappa shape index (κ1) is 16.5. The van der Waals surface area contributed by atoms with Crippen molar-refractivity contribution in [2.45, 2.75) is 32.7 Å². The van der Waals surface area contributed by atoms with Crippen LogP contribution in [0.3, 0.4) is 0 Å². The third-order valence-electron chi connectivity index (χ3n) is 3.55. The first-order valence-electron chi connectivity index (χ1n) is 7.26. The molecule has 21 heavy (non-hydrogen) atoms. The number of halogens is 1. The van der Waals surface area contributed by atoms with Gasteiger partial charge in [0.15, 0.2) is 0 Å². The second kappa shape index (κ2) is 7.97. The fourth-order valence-corrected chi connectivity index (χ4v) is 4.03. The Hall–Kier alpha value is -0.840. The Kier molecular flexibility index (Phi) is 6.27. The molecule has 0 radical (unpaired) electrons. The monoisotopic (exact) mass is 367 g/mol. The summed E-state index contributed by atoms with van der Waals surface area (Å²) in [7, 11) is 1.70. The fourth-order valence-electron chi connectivity index (χ4n) is 2.35. The maximum Gasteiger partial charge on any atom is 0.118 e. The van der Waals surface area contributed by atoms with Gasteiger partial charge < -0.3 is 10.1 Å². The SMILES string of the molecule is CCNC(CCc1ccc(OC)cc1)c1cc(C)c(Br)s1. The quantitative estimate of drug-likeness (QED) is 0.733. The van der Waals surface area contributed by atoms with Crippen LogP contribution in [0, 0.1) is 6.92 Å². The molecule has 1 unspecified atom stereocenters. The zero-order valence-electron chi connectivity index (χ0n) is 12.8. The molecule has 0 aliphatic rings. The van der Waals surface area contributed by atoms with Crippen molar-refractivity contribution < 1.29 is 4.74 Å². The number of methoxy groups -OCH3 is 1. The minimum atomic E-state index is 0.423. The molecule has 0 fully saturated rings. The van der Waals surface area contributed by atoms with E-state index in [1.807, 2.05) is 23.5 Å². The van der Waals surface area contributed by atoms with E-state index < -0.39 is 0 Å². The van der Waals surface area contributed by atoms with Crippen LogP contribution >= 0.6 is 27.3 Å². The molecule has 0 saturated carbocycles. The highest BCUT2D eigenvalue weighted by Crippen LogP contribution is 2.33. The zero-order valence-corrected chi connectivity index (χ0v) is 15.2. The molecular formula is C17H22BrNOS. The summed E-state index contributed by atoms with van der Waals surface area (Å²) in [6.07, 6.45) is 2.17. The van der Waals surface area contributed by atoms with E-state index in [0.717, 1.165) is 25.1 Å². The van der Waals surface area contributed by atoms with Crippen molar-refractivity contribution in [2.75, 3.05) is 13.7 Å². The van der Waals surface area contributed by atoms with Crippen molar-refractivity contribution in [2.24, 2.45) is 0 Å². The Morgan fingerprint density at radius 1 is 1.29 bits per heavy atom. The van der Waals surface area contributed by atoms with Gasteiger partial charge in [0.25, 0.3) is 0 Å². The summed E-state index contributed by atoms with van der Waals surface area (Å²) >= 11 is 5.46. The molecule has 2 aromatic rings. The van der Waals surface area contributed by atoms with Gasteiger partial charge >= 0.3 is 0 Å². The van der Waals surface area contributed by atoms with E-state index in [-0.39, 0.29) is 0 Å². The second-order valence-corrected chi connectivity index (χ2v) is 7.50.